The number of ether oxygens (including phenoxy) is 1. The average molecular weight is 481 g/mol. The van der Waals surface area contributed by atoms with Crippen molar-refractivity contribution in [2.45, 2.75) is 24.1 Å². The van der Waals surface area contributed by atoms with Crippen molar-refractivity contribution in [2.75, 3.05) is 6.61 Å². The summed E-state index contributed by atoms with van der Waals surface area (Å²) in [7, 11) is -3.66. The van der Waals surface area contributed by atoms with Crippen LogP contribution in [0, 0.1) is 0 Å². The number of fused-ring (bicyclic) bond motifs is 3. The van der Waals surface area contributed by atoms with Gasteiger partial charge in [0.1, 0.15) is 12.6 Å². The van der Waals surface area contributed by atoms with Gasteiger partial charge in [0.25, 0.3) is 0 Å². The van der Waals surface area contributed by atoms with Crippen LogP contribution in [-0.2, 0) is 31.7 Å². The molecular weight excluding hydrogens is 456 g/mol. The van der Waals surface area contributed by atoms with Crippen LogP contribution in [0.25, 0.3) is 11.1 Å². The molecule has 1 aliphatic carbocycles. The van der Waals surface area contributed by atoms with Gasteiger partial charge in [-0.1, -0.05) is 72.8 Å². The number of benzene rings is 3. The van der Waals surface area contributed by atoms with Crippen LogP contribution in [0.5, 0.6) is 0 Å². The maximum atomic E-state index is 12.5. The number of carbonyl (C=O) groups excluding carboxylic acids is 1. The van der Waals surface area contributed by atoms with E-state index in [4.69, 9.17) is 9.88 Å². The predicted octanol–water partition coefficient (Wildman–Crippen LogP) is 3.01. The lowest BCUT2D eigenvalue weighted by molar-refractivity contribution is -0.139. The van der Waals surface area contributed by atoms with E-state index in [1.807, 2.05) is 48.5 Å². The van der Waals surface area contributed by atoms with Crippen molar-refractivity contribution >= 4 is 22.1 Å². The molecular formula is C25H24N2O6S. The van der Waals surface area contributed by atoms with E-state index in [2.05, 4.69) is 5.32 Å². The van der Waals surface area contributed by atoms with Crippen molar-refractivity contribution in [2.24, 2.45) is 5.14 Å². The van der Waals surface area contributed by atoms with Gasteiger partial charge in [-0.3, -0.25) is 0 Å². The summed E-state index contributed by atoms with van der Waals surface area (Å²) in [6.45, 7) is 0.0778. The van der Waals surface area contributed by atoms with Crippen molar-refractivity contribution in [1.29, 1.82) is 0 Å². The number of alkyl carbamates (subject to hydrolysis) is 1. The largest absolute Gasteiger partial charge is 0.480 e. The number of carboxylic acid groups (broad SMARTS) is 1. The maximum absolute atomic E-state index is 12.5. The Labute approximate surface area is 197 Å². The summed E-state index contributed by atoms with van der Waals surface area (Å²) in [6.07, 6.45) is -0.810. The molecule has 176 valence electrons. The number of aliphatic carboxylic acids is 1. The highest BCUT2D eigenvalue weighted by atomic mass is 32.2. The third-order valence-electron chi connectivity index (χ3n) is 5.76. The number of primary sulfonamides is 1. The van der Waals surface area contributed by atoms with Crippen LogP contribution >= 0.6 is 0 Å². The predicted molar refractivity (Wildman–Crippen MR) is 127 cm³/mol. The molecule has 0 bridgehead atoms. The molecule has 0 aromatic heterocycles. The normalized spacial score (nSPS) is 13.6. The van der Waals surface area contributed by atoms with Crippen molar-refractivity contribution in [3.63, 3.8) is 0 Å². The minimum atomic E-state index is -3.66. The van der Waals surface area contributed by atoms with Gasteiger partial charge in [-0.25, -0.2) is 23.1 Å². The Kier molecular flexibility index (Phi) is 6.67. The summed E-state index contributed by atoms with van der Waals surface area (Å²) in [5.74, 6) is -1.65. The highest BCUT2D eigenvalue weighted by molar-refractivity contribution is 7.88. The highest BCUT2D eigenvalue weighted by Crippen LogP contribution is 2.44. The molecule has 0 aliphatic heterocycles. The Bertz CT molecular complexity index is 1280. The molecule has 9 heteroatoms. The zero-order valence-electron chi connectivity index (χ0n) is 18.2. The standard InChI is InChI=1S/C25H24N2O6S/c26-34(31,32)15-17-11-9-16(10-12-17)13-23(24(28)29)27-25(30)33-14-22-20-7-3-1-5-18(20)19-6-2-4-8-21(19)22/h1-12,22-23H,13-15H2,(H,27,30)(H,28,29)(H2,26,31,32). The first-order chi connectivity index (χ1) is 16.2. The van der Waals surface area contributed by atoms with Crippen molar-refractivity contribution < 1.29 is 27.9 Å². The van der Waals surface area contributed by atoms with Crippen LogP contribution in [0.3, 0.4) is 0 Å². The molecule has 1 unspecified atom stereocenters. The van der Waals surface area contributed by atoms with E-state index in [0.29, 0.717) is 11.1 Å². The second-order valence-electron chi connectivity index (χ2n) is 8.19. The van der Waals surface area contributed by atoms with Crippen LogP contribution in [0.4, 0.5) is 4.79 Å². The molecule has 0 saturated heterocycles. The number of nitrogens with one attached hydrogen (secondary N) is 1. The molecule has 0 spiro atoms. The third-order valence-corrected chi connectivity index (χ3v) is 6.50. The van der Waals surface area contributed by atoms with Crippen LogP contribution in [0.2, 0.25) is 0 Å². The van der Waals surface area contributed by atoms with E-state index in [9.17, 15) is 23.1 Å². The van der Waals surface area contributed by atoms with E-state index >= 15 is 0 Å². The van der Waals surface area contributed by atoms with Gasteiger partial charge in [0.05, 0.1) is 5.75 Å². The molecule has 0 heterocycles. The second-order valence-corrected chi connectivity index (χ2v) is 9.80. The molecule has 4 N–H and O–H groups in total. The number of amides is 1. The summed E-state index contributed by atoms with van der Waals surface area (Å²) in [5, 5.41) is 17.0. The average Bonchev–Trinajstić information content (AvgIpc) is 3.11. The number of carbonyl (C=O) groups is 2. The molecule has 3 aromatic rings. The molecule has 1 aliphatic rings. The van der Waals surface area contributed by atoms with Crippen LogP contribution in [-0.4, -0.2) is 38.2 Å². The Morgan fingerprint density at radius 3 is 1.97 bits per heavy atom. The number of sulfonamides is 1. The smallest absolute Gasteiger partial charge is 0.407 e. The minimum absolute atomic E-state index is 0.00911. The number of hydrogen-bond acceptors (Lipinski definition) is 5. The van der Waals surface area contributed by atoms with Gasteiger partial charge in [-0.15, -0.1) is 0 Å². The Morgan fingerprint density at radius 2 is 1.44 bits per heavy atom. The first kappa shape index (κ1) is 23.5. The molecule has 1 atom stereocenters. The van der Waals surface area contributed by atoms with Gasteiger partial charge in [0.15, 0.2) is 0 Å². The summed E-state index contributed by atoms with van der Waals surface area (Å²) < 4.78 is 27.8. The van der Waals surface area contributed by atoms with E-state index in [1.165, 1.54) is 0 Å². The lowest BCUT2D eigenvalue weighted by Crippen LogP contribution is -2.42. The zero-order chi connectivity index (χ0) is 24.3. The van der Waals surface area contributed by atoms with Gasteiger partial charge < -0.3 is 15.2 Å². The summed E-state index contributed by atoms with van der Waals surface area (Å²) in [4.78, 5) is 24.2. The topological polar surface area (TPSA) is 136 Å². The third kappa shape index (κ3) is 5.44. The van der Waals surface area contributed by atoms with Crippen LogP contribution < -0.4 is 10.5 Å². The Morgan fingerprint density at radius 1 is 0.912 bits per heavy atom. The van der Waals surface area contributed by atoms with Crippen LogP contribution in [0.15, 0.2) is 72.8 Å². The van der Waals surface area contributed by atoms with E-state index in [1.54, 1.807) is 24.3 Å². The molecule has 3 aromatic carbocycles. The van der Waals surface area contributed by atoms with E-state index in [-0.39, 0.29) is 24.7 Å². The SMILES string of the molecule is NS(=O)(=O)Cc1ccc(CC(NC(=O)OCC2c3ccccc3-c3ccccc32)C(=O)O)cc1. The van der Waals surface area contributed by atoms with E-state index < -0.39 is 28.1 Å². The lowest BCUT2D eigenvalue weighted by Gasteiger charge is -2.17. The lowest BCUT2D eigenvalue weighted by atomic mass is 9.98. The van der Waals surface area contributed by atoms with Crippen LogP contribution in [0.1, 0.15) is 28.2 Å². The quantitative estimate of drug-likeness (QED) is 0.453. The van der Waals surface area contributed by atoms with E-state index in [0.717, 1.165) is 22.3 Å². The van der Waals surface area contributed by atoms with Gasteiger partial charge >= 0.3 is 12.1 Å². The van der Waals surface area contributed by atoms with Gasteiger partial charge in [-0.05, 0) is 33.4 Å². The number of hydrogen-bond donors (Lipinski definition) is 3. The fraction of sp³-hybridized carbons (Fsp3) is 0.200. The highest BCUT2D eigenvalue weighted by Gasteiger charge is 2.29. The Balaban J connectivity index is 1.39. The fourth-order valence-corrected chi connectivity index (χ4v) is 4.88. The van der Waals surface area contributed by atoms with Crippen molar-refractivity contribution in [1.82, 2.24) is 5.32 Å². The molecule has 0 fully saturated rings. The maximum Gasteiger partial charge on any atom is 0.407 e. The van der Waals surface area contributed by atoms with Gasteiger partial charge in [-0.2, -0.15) is 0 Å². The molecule has 4 rings (SSSR count). The Hall–Kier alpha value is -3.69. The summed E-state index contributed by atoms with van der Waals surface area (Å²) in [6, 6.07) is 21.0. The number of carboxylic acids is 1. The molecule has 0 radical (unpaired) electrons. The first-order valence-corrected chi connectivity index (χ1v) is 12.4. The number of nitrogens with two attached hydrogens (primary N) is 1. The summed E-state index contributed by atoms with van der Waals surface area (Å²) in [5.41, 5.74) is 5.42. The van der Waals surface area contributed by atoms with Crippen molar-refractivity contribution in [3.05, 3.63) is 95.1 Å². The molecule has 0 saturated carbocycles. The zero-order valence-corrected chi connectivity index (χ0v) is 19.0. The van der Waals surface area contributed by atoms with Crippen molar-refractivity contribution in [3.8, 4) is 11.1 Å². The monoisotopic (exact) mass is 480 g/mol. The molecule has 8 nitrogen and oxygen atoms in total. The molecule has 1 amide bonds. The minimum Gasteiger partial charge on any atom is -0.480 e. The van der Waals surface area contributed by atoms with Gasteiger partial charge in [0, 0.05) is 12.3 Å². The summed E-state index contributed by atoms with van der Waals surface area (Å²) >= 11 is 0. The fourth-order valence-electron chi connectivity index (χ4n) is 4.22. The molecule has 34 heavy (non-hydrogen) atoms. The van der Waals surface area contributed by atoms with Gasteiger partial charge in [0.2, 0.25) is 10.0 Å². The first-order valence-electron chi connectivity index (χ1n) is 10.6. The second kappa shape index (κ2) is 9.66. The number of rotatable bonds is 8.